The Kier molecular flexibility index (Phi) is 4.43. The highest BCUT2D eigenvalue weighted by Crippen LogP contribution is 2.16. The molecule has 0 heterocycles. The minimum Gasteiger partial charge on any atom is -0.302 e. The summed E-state index contributed by atoms with van der Waals surface area (Å²) in [5.74, 6) is 0. The predicted molar refractivity (Wildman–Crippen MR) is 62.8 cm³/mol. The van der Waals surface area contributed by atoms with Crippen LogP contribution in [0.2, 0.25) is 5.02 Å². The van der Waals surface area contributed by atoms with Crippen LogP contribution in [0.1, 0.15) is 24.5 Å². The van der Waals surface area contributed by atoms with Gasteiger partial charge in [-0.05, 0) is 50.2 Å². The van der Waals surface area contributed by atoms with Crippen LogP contribution in [0.3, 0.4) is 0 Å². The molecule has 0 spiro atoms. The van der Waals surface area contributed by atoms with Crippen LogP contribution in [0.25, 0.3) is 0 Å². The van der Waals surface area contributed by atoms with Crippen molar-refractivity contribution in [3.05, 3.63) is 34.3 Å². The summed E-state index contributed by atoms with van der Waals surface area (Å²) in [7, 11) is 2.15. The Morgan fingerprint density at radius 2 is 2.07 bits per heavy atom. The molecule has 1 aromatic carbocycles. The Hall–Kier alpha value is -0.530. The molecule has 0 aliphatic carbocycles. The Morgan fingerprint density at radius 1 is 1.36 bits per heavy atom. The maximum absolute atomic E-state index is 5.90. The Bertz CT molecular complexity index is 296. The quantitative estimate of drug-likeness (QED) is 0.737. The number of hydrogen-bond donors (Lipinski definition) is 0. The molecule has 0 aromatic heterocycles. The average Bonchev–Trinajstić information content (AvgIpc) is 2.10. The highest BCUT2D eigenvalue weighted by molar-refractivity contribution is 6.30. The van der Waals surface area contributed by atoms with E-state index in [0.29, 0.717) is 0 Å². The molecule has 0 aliphatic heterocycles. The van der Waals surface area contributed by atoms with E-state index in [1.54, 1.807) is 0 Å². The first kappa shape index (κ1) is 11.5. The third kappa shape index (κ3) is 3.32. The van der Waals surface area contributed by atoms with Crippen molar-refractivity contribution in [2.24, 2.45) is 0 Å². The Morgan fingerprint density at radius 3 is 2.64 bits per heavy atom. The van der Waals surface area contributed by atoms with Gasteiger partial charge in [-0.15, -0.1) is 0 Å². The Balaban J connectivity index is 2.67. The molecule has 0 N–H and O–H groups in total. The largest absolute Gasteiger partial charge is 0.302 e. The summed E-state index contributed by atoms with van der Waals surface area (Å²) >= 11 is 5.90. The van der Waals surface area contributed by atoms with Crippen molar-refractivity contribution >= 4 is 11.6 Å². The van der Waals surface area contributed by atoms with Crippen LogP contribution in [-0.4, -0.2) is 18.5 Å². The van der Waals surface area contributed by atoms with Gasteiger partial charge in [0.25, 0.3) is 0 Å². The van der Waals surface area contributed by atoms with Gasteiger partial charge in [0.15, 0.2) is 0 Å². The predicted octanol–water partition coefficient (Wildman–Crippen LogP) is 3.49. The summed E-state index contributed by atoms with van der Waals surface area (Å²) in [5, 5.41) is 0.824. The summed E-state index contributed by atoms with van der Waals surface area (Å²) in [6.07, 6.45) is 1.20. The van der Waals surface area contributed by atoms with Crippen molar-refractivity contribution in [1.82, 2.24) is 4.90 Å². The molecule has 14 heavy (non-hydrogen) atoms. The van der Waals surface area contributed by atoms with Gasteiger partial charge in [0.05, 0.1) is 0 Å². The molecule has 0 fully saturated rings. The van der Waals surface area contributed by atoms with Crippen molar-refractivity contribution in [2.45, 2.75) is 26.8 Å². The van der Waals surface area contributed by atoms with Gasteiger partial charge in [0.1, 0.15) is 0 Å². The van der Waals surface area contributed by atoms with Gasteiger partial charge in [0.2, 0.25) is 0 Å². The molecule has 0 bridgehead atoms. The SMILES string of the molecule is CCCN(C)Cc1ccc(Cl)cc1C. The maximum Gasteiger partial charge on any atom is 0.0408 e. The van der Waals surface area contributed by atoms with Gasteiger partial charge in [-0.25, -0.2) is 0 Å². The fraction of sp³-hybridized carbons (Fsp3) is 0.500. The van der Waals surface area contributed by atoms with Gasteiger partial charge >= 0.3 is 0 Å². The Labute approximate surface area is 91.7 Å². The van der Waals surface area contributed by atoms with E-state index in [1.165, 1.54) is 17.5 Å². The van der Waals surface area contributed by atoms with Gasteiger partial charge in [-0.2, -0.15) is 0 Å². The number of halogens is 1. The van der Waals surface area contributed by atoms with E-state index >= 15 is 0 Å². The van der Waals surface area contributed by atoms with Crippen LogP contribution in [0.4, 0.5) is 0 Å². The minimum atomic E-state index is 0.824. The van der Waals surface area contributed by atoms with Crippen LogP contribution in [0.5, 0.6) is 0 Å². The van der Waals surface area contributed by atoms with E-state index in [-0.39, 0.29) is 0 Å². The monoisotopic (exact) mass is 211 g/mol. The molecule has 0 amide bonds. The lowest BCUT2D eigenvalue weighted by molar-refractivity contribution is 0.327. The standard InChI is InChI=1S/C12H18ClN/c1-4-7-14(3)9-11-5-6-12(13)8-10(11)2/h5-6,8H,4,7,9H2,1-3H3. The molecule has 78 valence electrons. The van der Waals surface area contributed by atoms with Gasteiger partial charge in [0, 0.05) is 11.6 Å². The lowest BCUT2D eigenvalue weighted by Crippen LogP contribution is -2.18. The molecule has 0 radical (unpaired) electrons. The average molecular weight is 212 g/mol. The molecule has 0 unspecified atom stereocenters. The molecule has 1 nitrogen and oxygen atoms in total. The summed E-state index contributed by atoms with van der Waals surface area (Å²) < 4.78 is 0. The van der Waals surface area contributed by atoms with Crippen molar-refractivity contribution in [3.8, 4) is 0 Å². The number of rotatable bonds is 4. The van der Waals surface area contributed by atoms with Gasteiger partial charge in [-0.1, -0.05) is 24.6 Å². The zero-order valence-corrected chi connectivity index (χ0v) is 9.93. The van der Waals surface area contributed by atoms with Gasteiger partial charge in [-0.3, -0.25) is 0 Å². The summed E-state index contributed by atoms with van der Waals surface area (Å²) in [6, 6.07) is 6.10. The van der Waals surface area contributed by atoms with Crippen LogP contribution >= 0.6 is 11.6 Å². The van der Waals surface area contributed by atoms with Crippen molar-refractivity contribution < 1.29 is 0 Å². The fourth-order valence-electron chi connectivity index (χ4n) is 1.59. The van der Waals surface area contributed by atoms with Crippen LogP contribution in [0.15, 0.2) is 18.2 Å². The van der Waals surface area contributed by atoms with E-state index in [0.717, 1.165) is 18.1 Å². The second-order valence-corrected chi connectivity index (χ2v) is 4.25. The molecule has 2 heteroatoms. The van der Waals surface area contributed by atoms with Crippen molar-refractivity contribution in [3.63, 3.8) is 0 Å². The first-order valence-electron chi connectivity index (χ1n) is 5.07. The van der Waals surface area contributed by atoms with E-state index in [1.807, 2.05) is 12.1 Å². The second kappa shape index (κ2) is 5.38. The molecule has 1 rings (SSSR count). The molecule has 0 atom stereocenters. The topological polar surface area (TPSA) is 3.24 Å². The third-order valence-corrected chi connectivity index (χ3v) is 2.59. The zero-order valence-electron chi connectivity index (χ0n) is 9.18. The molecular weight excluding hydrogens is 194 g/mol. The van der Waals surface area contributed by atoms with Crippen molar-refractivity contribution in [2.75, 3.05) is 13.6 Å². The second-order valence-electron chi connectivity index (χ2n) is 3.81. The summed E-state index contributed by atoms with van der Waals surface area (Å²) in [5.41, 5.74) is 2.64. The van der Waals surface area contributed by atoms with Gasteiger partial charge < -0.3 is 4.90 Å². The highest BCUT2D eigenvalue weighted by atomic mass is 35.5. The zero-order chi connectivity index (χ0) is 10.6. The first-order chi connectivity index (χ1) is 6.63. The lowest BCUT2D eigenvalue weighted by Gasteiger charge is -2.17. The number of aryl methyl sites for hydroxylation is 1. The number of benzene rings is 1. The molecule has 1 aromatic rings. The third-order valence-electron chi connectivity index (χ3n) is 2.35. The number of hydrogen-bond acceptors (Lipinski definition) is 1. The van der Waals surface area contributed by atoms with E-state index in [2.05, 4.69) is 31.9 Å². The lowest BCUT2D eigenvalue weighted by atomic mass is 10.1. The molecule has 0 saturated heterocycles. The van der Waals surface area contributed by atoms with E-state index in [4.69, 9.17) is 11.6 Å². The summed E-state index contributed by atoms with van der Waals surface area (Å²) in [6.45, 7) is 6.46. The molecular formula is C12H18ClN. The van der Waals surface area contributed by atoms with Crippen LogP contribution in [-0.2, 0) is 6.54 Å². The molecule has 0 saturated carbocycles. The smallest absolute Gasteiger partial charge is 0.0408 e. The van der Waals surface area contributed by atoms with Crippen LogP contribution in [0, 0.1) is 6.92 Å². The van der Waals surface area contributed by atoms with E-state index in [9.17, 15) is 0 Å². The highest BCUT2D eigenvalue weighted by Gasteiger charge is 2.02. The molecule has 0 aliphatic rings. The normalized spacial score (nSPS) is 10.9. The maximum atomic E-state index is 5.90. The first-order valence-corrected chi connectivity index (χ1v) is 5.45. The number of nitrogens with zero attached hydrogens (tertiary/aromatic N) is 1. The summed E-state index contributed by atoms with van der Waals surface area (Å²) in [4.78, 5) is 2.33. The van der Waals surface area contributed by atoms with E-state index < -0.39 is 0 Å². The minimum absolute atomic E-state index is 0.824. The van der Waals surface area contributed by atoms with Crippen molar-refractivity contribution in [1.29, 1.82) is 0 Å². The van der Waals surface area contributed by atoms with Crippen LogP contribution < -0.4 is 0 Å². The fourth-order valence-corrected chi connectivity index (χ4v) is 1.81.